The Bertz CT molecular complexity index is 193. The SMILES string of the molecule is CCC1CN(N(C)C)C(=O)CN1C. The lowest BCUT2D eigenvalue weighted by Gasteiger charge is -2.41. The molecule has 0 spiro atoms. The molecule has 0 aliphatic carbocycles. The molecule has 1 saturated heterocycles. The van der Waals surface area contributed by atoms with Crippen LogP contribution in [0.3, 0.4) is 0 Å². The average Bonchev–Trinajstić information content (AvgIpc) is 2.03. The number of carbonyl (C=O) groups excluding carboxylic acids is 1. The Hall–Kier alpha value is -0.610. The highest BCUT2D eigenvalue weighted by atomic mass is 16.2. The summed E-state index contributed by atoms with van der Waals surface area (Å²) in [6.07, 6.45) is 1.09. The summed E-state index contributed by atoms with van der Waals surface area (Å²) in [6.45, 7) is 3.51. The van der Waals surface area contributed by atoms with Crippen LogP contribution in [-0.2, 0) is 4.79 Å². The molecule has 0 bridgehead atoms. The third-order valence-corrected chi connectivity index (χ3v) is 2.63. The van der Waals surface area contributed by atoms with Gasteiger partial charge in [-0.05, 0) is 13.5 Å². The van der Waals surface area contributed by atoms with Gasteiger partial charge in [0.1, 0.15) is 0 Å². The van der Waals surface area contributed by atoms with Crippen LogP contribution in [0.1, 0.15) is 13.3 Å². The van der Waals surface area contributed by atoms with Gasteiger partial charge in [0.25, 0.3) is 5.91 Å². The quantitative estimate of drug-likeness (QED) is 0.606. The summed E-state index contributed by atoms with van der Waals surface area (Å²) in [7, 11) is 5.84. The summed E-state index contributed by atoms with van der Waals surface area (Å²) in [6, 6.07) is 0.500. The standard InChI is InChI=1S/C9H19N3O/c1-5-8-6-12(10(2)3)9(13)7-11(8)4/h8H,5-7H2,1-4H3. The number of rotatable bonds is 2. The van der Waals surface area contributed by atoms with E-state index in [9.17, 15) is 4.79 Å². The Balaban J connectivity index is 2.63. The Morgan fingerprint density at radius 3 is 2.62 bits per heavy atom. The highest BCUT2D eigenvalue weighted by Gasteiger charge is 2.29. The molecule has 76 valence electrons. The monoisotopic (exact) mass is 185 g/mol. The fraction of sp³-hybridized carbons (Fsp3) is 0.889. The molecule has 1 atom stereocenters. The Labute approximate surface area is 80.1 Å². The van der Waals surface area contributed by atoms with Crippen LogP contribution in [0.5, 0.6) is 0 Å². The fourth-order valence-electron chi connectivity index (χ4n) is 1.69. The zero-order chi connectivity index (χ0) is 10.0. The average molecular weight is 185 g/mol. The topological polar surface area (TPSA) is 26.8 Å². The normalized spacial score (nSPS) is 25.8. The number of hydrogen-bond donors (Lipinski definition) is 0. The molecule has 0 saturated carbocycles. The number of carbonyl (C=O) groups is 1. The van der Waals surface area contributed by atoms with Crippen molar-refractivity contribution in [1.29, 1.82) is 0 Å². The van der Waals surface area contributed by atoms with Crippen molar-refractivity contribution in [2.45, 2.75) is 19.4 Å². The number of likely N-dealkylation sites (N-methyl/N-ethyl adjacent to an activating group) is 1. The molecule has 1 amide bonds. The molecule has 1 aliphatic heterocycles. The number of piperazine rings is 1. The summed E-state index contributed by atoms with van der Waals surface area (Å²) in [4.78, 5) is 13.7. The molecule has 13 heavy (non-hydrogen) atoms. The number of amides is 1. The minimum atomic E-state index is 0.192. The third-order valence-electron chi connectivity index (χ3n) is 2.63. The molecule has 1 heterocycles. The first-order chi connectivity index (χ1) is 6.06. The van der Waals surface area contributed by atoms with Crippen molar-refractivity contribution in [3.8, 4) is 0 Å². The van der Waals surface area contributed by atoms with E-state index in [1.807, 2.05) is 31.2 Å². The van der Waals surface area contributed by atoms with Crippen molar-refractivity contribution in [3.05, 3.63) is 0 Å². The number of hydrazine groups is 1. The van der Waals surface area contributed by atoms with Crippen molar-refractivity contribution in [1.82, 2.24) is 14.9 Å². The molecule has 0 aromatic carbocycles. The predicted octanol–water partition coefficient (Wildman–Crippen LogP) is 0.0156. The Morgan fingerprint density at radius 2 is 2.15 bits per heavy atom. The van der Waals surface area contributed by atoms with Gasteiger partial charge in [0.15, 0.2) is 0 Å². The summed E-state index contributed by atoms with van der Waals surface area (Å²) < 4.78 is 0. The molecule has 0 radical (unpaired) electrons. The molecule has 1 rings (SSSR count). The molecule has 4 heteroatoms. The lowest BCUT2D eigenvalue weighted by atomic mass is 10.1. The van der Waals surface area contributed by atoms with Crippen molar-refractivity contribution < 1.29 is 4.79 Å². The molecule has 1 aliphatic rings. The van der Waals surface area contributed by atoms with Gasteiger partial charge < -0.3 is 0 Å². The summed E-state index contributed by atoms with van der Waals surface area (Å²) in [5.41, 5.74) is 0. The molecular formula is C9H19N3O. The van der Waals surface area contributed by atoms with E-state index in [2.05, 4.69) is 11.8 Å². The summed E-state index contributed by atoms with van der Waals surface area (Å²) >= 11 is 0. The molecule has 0 aromatic rings. The van der Waals surface area contributed by atoms with Crippen LogP contribution < -0.4 is 0 Å². The second-order valence-electron chi connectivity index (χ2n) is 3.80. The second kappa shape index (κ2) is 4.07. The number of nitrogens with zero attached hydrogens (tertiary/aromatic N) is 3. The highest BCUT2D eigenvalue weighted by Crippen LogP contribution is 2.11. The number of hydrogen-bond acceptors (Lipinski definition) is 3. The summed E-state index contributed by atoms with van der Waals surface area (Å²) in [5, 5.41) is 3.69. The van der Waals surface area contributed by atoms with Crippen molar-refractivity contribution in [2.75, 3.05) is 34.2 Å². The van der Waals surface area contributed by atoms with Gasteiger partial charge in [0, 0.05) is 20.1 Å². The first-order valence-corrected chi connectivity index (χ1v) is 4.74. The van der Waals surface area contributed by atoms with E-state index in [0.29, 0.717) is 12.6 Å². The van der Waals surface area contributed by atoms with Crippen molar-refractivity contribution >= 4 is 5.91 Å². The second-order valence-corrected chi connectivity index (χ2v) is 3.80. The van der Waals surface area contributed by atoms with Crippen LogP contribution in [0.4, 0.5) is 0 Å². The van der Waals surface area contributed by atoms with Crippen LogP contribution >= 0.6 is 0 Å². The Kier molecular flexibility index (Phi) is 3.27. The van der Waals surface area contributed by atoms with Crippen molar-refractivity contribution in [2.24, 2.45) is 0 Å². The molecule has 4 nitrogen and oxygen atoms in total. The van der Waals surface area contributed by atoms with Gasteiger partial charge in [-0.2, -0.15) is 0 Å². The van der Waals surface area contributed by atoms with Crippen LogP contribution in [0.15, 0.2) is 0 Å². The van der Waals surface area contributed by atoms with Gasteiger partial charge in [-0.1, -0.05) is 6.92 Å². The van der Waals surface area contributed by atoms with E-state index < -0.39 is 0 Å². The van der Waals surface area contributed by atoms with Gasteiger partial charge in [0.2, 0.25) is 0 Å². The summed E-state index contributed by atoms with van der Waals surface area (Å²) in [5.74, 6) is 0.192. The van der Waals surface area contributed by atoms with Crippen LogP contribution in [0.25, 0.3) is 0 Å². The molecule has 0 N–H and O–H groups in total. The molecule has 1 unspecified atom stereocenters. The molecule has 1 fully saturated rings. The van der Waals surface area contributed by atoms with E-state index >= 15 is 0 Å². The minimum Gasteiger partial charge on any atom is -0.293 e. The van der Waals surface area contributed by atoms with Gasteiger partial charge >= 0.3 is 0 Å². The van der Waals surface area contributed by atoms with E-state index in [-0.39, 0.29) is 5.91 Å². The van der Waals surface area contributed by atoms with E-state index in [1.165, 1.54) is 0 Å². The van der Waals surface area contributed by atoms with Gasteiger partial charge in [-0.3, -0.25) is 14.7 Å². The first kappa shape index (κ1) is 10.5. The minimum absolute atomic E-state index is 0.192. The fourth-order valence-corrected chi connectivity index (χ4v) is 1.69. The van der Waals surface area contributed by atoms with Gasteiger partial charge in [-0.25, -0.2) is 5.01 Å². The van der Waals surface area contributed by atoms with Crippen LogP contribution in [-0.4, -0.2) is 61.1 Å². The van der Waals surface area contributed by atoms with Crippen LogP contribution in [0, 0.1) is 0 Å². The smallest absolute Gasteiger partial charge is 0.251 e. The van der Waals surface area contributed by atoms with E-state index in [0.717, 1.165) is 13.0 Å². The zero-order valence-electron chi connectivity index (χ0n) is 8.95. The lowest BCUT2D eigenvalue weighted by molar-refractivity contribution is -0.154. The maximum absolute atomic E-state index is 11.6. The maximum atomic E-state index is 11.6. The largest absolute Gasteiger partial charge is 0.293 e. The van der Waals surface area contributed by atoms with Crippen molar-refractivity contribution in [3.63, 3.8) is 0 Å². The van der Waals surface area contributed by atoms with Gasteiger partial charge in [-0.15, -0.1) is 0 Å². The molecule has 0 aromatic heterocycles. The maximum Gasteiger partial charge on any atom is 0.251 e. The van der Waals surface area contributed by atoms with E-state index in [4.69, 9.17) is 0 Å². The third kappa shape index (κ3) is 2.19. The first-order valence-electron chi connectivity index (χ1n) is 4.74. The van der Waals surface area contributed by atoms with Gasteiger partial charge in [0.05, 0.1) is 13.1 Å². The highest BCUT2D eigenvalue weighted by molar-refractivity contribution is 5.78. The zero-order valence-corrected chi connectivity index (χ0v) is 8.95. The lowest BCUT2D eigenvalue weighted by Crippen LogP contribution is -2.58. The molecular weight excluding hydrogens is 166 g/mol. The van der Waals surface area contributed by atoms with Crippen LogP contribution in [0.2, 0.25) is 0 Å². The Morgan fingerprint density at radius 1 is 1.54 bits per heavy atom. The van der Waals surface area contributed by atoms with E-state index in [1.54, 1.807) is 0 Å². The predicted molar refractivity (Wildman–Crippen MR) is 52.1 cm³/mol.